The van der Waals surface area contributed by atoms with Gasteiger partial charge >= 0.3 is 0 Å². The van der Waals surface area contributed by atoms with E-state index in [2.05, 4.69) is 13.8 Å². The molecule has 1 aromatic rings. The average molecular weight is 305 g/mol. The minimum atomic E-state index is -1.09. The van der Waals surface area contributed by atoms with Crippen LogP contribution in [0.1, 0.15) is 57.6 Å². The van der Waals surface area contributed by atoms with Gasteiger partial charge < -0.3 is 15.2 Å². The molecule has 1 fully saturated rings. The summed E-state index contributed by atoms with van der Waals surface area (Å²) in [5.74, 6) is 0.731. The van der Waals surface area contributed by atoms with E-state index in [4.69, 9.17) is 23.1 Å². The number of ether oxygens (including phenoxy) is 2. The quantitative estimate of drug-likeness (QED) is 0.745. The van der Waals surface area contributed by atoms with Crippen LogP contribution in [0.5, 0.6) is 5.75 Å². The molecule has 5 heteroatoms. The molecule has 1 aromatic carbocycles. The summed E-state index contributed by atoms with van der Waals surface area (Å²) >= 11 is 0. The standard InChI is InChI=1S/C17H25BFNO2/c1-3-5-12(6-4-2)11-21-15-8-13(7-14(19)9-15)16-10-17(18,20)22-16/h7-9,12,16H,3-6,10-11,20H2,1-2H3. The second-order valence-corrected chi connectivity index (χ2v) is 6.24. The average Bonchev–Trinajstić information content (AvgIpc) is 2.42. The molecule has 22 heavy (non-hydrogen) atoms. The highest BCUT2D eigenvalue weighted by atomic mass is 19.1. The lowest BCUT2D eigenvalue weighted by Crippen LogP contribution is -2.54. The van der Waals surface area contributed by atoms with E-state index in [0.29, 0.717) is 24.7 Å². The third-order valence-corrected chi connectivity index (χ3v) is 4.01. The van der Waals surface area contributed by atoms with Crippen LogP contribution in [0.25, 0.3) is 0 Å². The molecule has 2 unspecified atom stereocenters. The maximum Gasteiger partial charge on any atom is 0.135 e. The molecule has 0 bridgehead atoms. The van der Waals surface area contributed by atoms with E-state index in [1.807, 2.05) is 6.07 Å². The second kappa shape index (κ2) is 7.47. The van der Waals surface area contributed by atoms with Gasteiger partial charge in [0.2, 0.25) is 0 Å². The highest BCUT2D eigenvalue weighted by Crippen LogP contribution is 2.39. The number of rotatable bonds is 8. The number of benzene rings is 1. The Hall–Kier alpha value is -1.07. The van der Waals surface area contributed by atoms with Gasteiger partial charge in [0.05, 0.1) is 18.3 Å². The Morgan fingerprint density at radius 2 is 2.00 bits per heavy atom. The molecule has 2 N–H and O–H groups in total. The van der Waals surface area contributed by atoms with Crippen LogP contribution >= 0.6 is 0 Å². The minimum absolute atomic E-state index is 0.255. The fraction of sp³-hybridized carbons (Fsp3) is 0.647. The molecule has 1 saturated heterocycles. The summed E-state index contributed by atoms with van der Waals surface area (Å²) in [6, 6.07) is 4.68. The van der Waals surface area contributed by atoms with Crippen molar-refractivity contribution < 1.29 is 13.9 Å². The monoisotopic (exact) mass is 305 g/mol. The van der Waals surface area contributed by atoms with E-state index in [0.717, 1.165) is 31.2 Å². The topological polar surface area (TPSA) is 44.5 Å². The molecule has 1 heterocycles. The number of hydrogen-bond acceptors (Lipinski definition) is 3. The first-order valence-corrected chi connectivity index (χ1v) is 8.12. The van der Waals surface area contributed by atoms with Crippen molar-refractivity contribution in [2.24, 2.45) is 11.7 Å². The SMILES string of the molecule is [B]C1(N)CC(c2cc(F)cc(OCC(CCC)CCC)c2)O1. The second-order valence-electron chi connectivity index (χ2n) is 6.24. The van der Waals surface area contributed by atoms with Gasteiger partial charge in [-0.3, -0.25) is 0 Å². The maximum atomic E-state index is 13.8. The van der Waals surface area contributed by atoms with Crippen LogP contribution in [0.3, 0.4) is 0 Å². The zero-order valence-electron chi connectivity index (χ0n) is 13.5. The van der Waals surface area contributed by atoms with Gasteiger partial charge in [0, 0.05) is 12.5 Å². The molecule has 2 radical (unpaired) electrons. The summed E-state index contributed by atoms with van der Waals surface area (Å²) in [6.45, 7) is 4.96. The Bertz CT molecular complexity index is 482. The first-order chi connectivity index (χ1) is 10.4. The normalized spacial score (nSPS) is 24.3. The number of nitrogens with two attached hydrogens (primary N) is 1. The molecule has 0 aliphatic carbocycles. The van der Waals surface area contributed by atoms with E-state index in [9.17, 15) is 4.39 Å². The summed E-state index contributed by atoms with van der Waals surface area (Å²) in [4.78, 5) is 0. The van der Waals surface area contributed by atoms with Gasteiger partial charge in [-0.15, -0.1) is 0 Å². The molecule has 0 aromatic heterocycles. The molecule has 3 nitrogen and oxygen atoms in total. The fourth-order valence-corrected chi connectivity index (χ4v) is 2.93. The molecule has 2 atom stereocenters. The van der Waals surface area contributed by atoms with E-state index in [1.165, 1.54) is 12.1 Å². The first-order valence-electron chi connectivity index (χ1n) is 8.12. The summed E-state index contributed by atoms with van der Waals surface area (Å²) < 4.78 is 24.9. The van der Waals surface area contributed by atoms with Gasteiger partial charge in [0.1, 0.15) is 19.4 Å². The van der Waals surface area contributed by atoms with E-state index in [-0.39, 0.29) is 11.9 Å². The molecule has 0 spiro atoms. The summed E-state index contributed by atoms with van der Waals surface area (Å²) in [6.07, 6.45) is 4.75. The van der Waals surface area contributed by atoms with Crippen LogP contribution in [0.4, 0.5) is 4.39 Å². The van der Waals surface area contributed by atoms with Crippen LogP contribution in [0, 0.1) is 11.7 Å². The summed E-state index contributed by atoms with van der Waals surface area (Å²) in [5, 5.41) is 0. The van der Waals surface area contributed by atoms with Crippen molar-refractivity contribution in [3.8, 4) is 5.75 Å². The van der Waals surface area contributed by atoms with Gasteiger partial charge in [-0.1, -0.05) is 26.7 Å². The van der Waals surface area contributed by atoms with Crippen molar-refractivity contribution in [3.05, 3.63) is 29.6 Å². The van der Waals surface area contributed by atoms with Crippen molar-refractivity contribution in [1.29, 1.82) is 0 Å². The van der Waals surface area contributed by atoms with Crippen molar-refractivity contribution in [2.75, 3.05) is 6.61 Å². The van der Waals surface area contributed by atoms with Gasteiger partial charge in [-0.2, -0.15) is 0 Å². The molecular formula is C17H25BFNO2. The van der Waals surface area contributed by atoms with Crippen LogP contribution in [0.2, 0.25) is 0 Å². The molecule has 0 saturated carbocycles. The lowest BCUT2D eigenvalue weighted by Gasteiger charge is -2.43. The van der Waals surface area contributed by atoms with Crippen molar-refractivity contribution in [3.63, 3.8) is 0 Å². The largest absolute Gasteiger partial charge is 0.493 e. The van der Waals surface area contributed by atoms with Gasteiger partial charge in [0.15, 0.2) is 0 Å². The molecule has 1 aliphatic rings. The molecule has 0 amide bonds. The van der Waals surface area contributed by atoms with E-state index >= 15 is 0 Å². The Labute approximate surface area is 133 Å². The van der Waals surface area contributed by atoms with Gasteiger partial charge in [0.25, 0.3) is 0 Å². The van der Waals surface area contributed by atoms with Crippen molar-refractivity contribution in [2.45, 2.75) is 57.7 Å². The van der Waals surface area contributed by atoms with Crippen LogP contribution in [0.15, 0.2) is 18.2 Å². The third kappa shape index (κ3) is 4.72. The smallest absolute Gasteiger partial charge is 0.135 e. The zero-order valence-corrected chi connectivity index (χ0v) is 13.5. The Kier molecular flexibility index (Phi) is 5.87. The Morgan fingerprint density at radius 3 is 2.55 bits per heavy atom. The Balaban J connectivity index is 1.97. The highest BCUT2D eigenvalue weighted by molar-refractivity contribution is 6.14. The van der Waals surface area contributed by atoms with Crippen LogP contribution in [-0.4, -0.2) is 20.1 Å². The van der Waals surface area contributed by atoms with Crippen molar-refractivity contribution in [1.82, 2.24) is 0 Å². The first kappa shape index (κ1) is 17.3. The van der Waals surface area contributed by atoms with Crippen molar-refractivity contribution >= 4 is 7.85 Å². The number of halogens is 1. The van der Waals surface area contributed by atoms with E-state index in [1.54, 1.807) is 0 Å². The van der Waals surface area contributed by atoms with Gasteiger partial charge in [-0.25, -0.2) is 4.39 Å². The zero-order chi connectivity index (χ0) is 16.2. The van der Waals surface area contributed by atoms with E-state index < -0.39 is 5.62 Å². The third-order valence-electron chi connectivity index (χ3n) is 4.01. The van der Waals surface area contributed by atoms with Gasteiger partial charge in [-0.05, 0) is 36.5 Å². The fourth-order valence-electron chi connectivity index (χ4n) is 2.93. The maximum absolute atomic E-state index is 13.8. The lowest BCUT2D eigenvalue weighted by molar-refractivity contribution is -0.154. The highest BCUT2D eigenvalue weighted by Gasteiger charge is 2.38. The molecule has 2 rings (SSSR count). The van der Waals surface area contributed by atoms with Crippen LogP contribution in [-0.2, 0) is 4.74 Å². The predicted molar refractivity (Wildman–Crippen MR) is 86.3 cm³/mol. The predicted octanol–water partition coefficient (Wildman–Crippen LogP) is 3.66. The molecular weight excluding hydrogens is 280 g/mol. The summed E-state index contributed by atoms with van der Waals surface area (Å²) in [5.41, 5.74) is 5.26. The number of hydrogen-bond donors (Lipinski definition) is 1. The summed E-state index contributed by atoms with van der Waals surface area (Å²) in [7, 11) is 5.62. The minimum Gasteiger partial charge on any atom is -0.493 e. The van der Waals surface area contributed by atoms with Crippen LogP contribution < -0.4 is 10.5 Å². The molecule has 120 valence electrons. The Morgan fingerprint density at radius 1 is 1.36 bits per heavy atom. The molecule has 1 aliphatic heterocycles. The lowest BCUT2D eigenvalue weighted by atomic mass is 9.79.